The molecule has 2 rings (SSSR count). The molecule has 4 N–H and O–H groups in total. The fraction of sp³-hybridized carbons (Fsp3) is 0.0833. The van der Waals surface area contributed by atoms with Crippen molar-refractivity contribution in [1.29, 1.82) is 0 Å². The van der Waals surface area contributed by atoms with Crippen molar-refractivity contribution in [2.75, 3.05) is 10.6 Å². The Balaban J connectivity index is 1.91. The van der Waals surface area contributed by atoms with E-state index in [-0.39, 0.29) is 0 Å². The van der Waals surface area contributed by atoms with E-state index in [4.69, 9.17) is 10.2 Å². The van der Waals surface area contributed by atoms with E-state index in [2.05, 4.69) is 10.6 Å². The average Bonchev–Trinajstić information content (AvgIpc) is 2.80. The fourth-order valence-electron chi connectivity index (χ4n) is 1.42. The SMILES string of the molecule is NC(=O)Nc1ccc(NCc2ccco2)cc1. The Kier molecular flexibility index (Phi) is 3.30. The van der Waals surface area contributed by atoms with Crippen molar-refractivity contribution < 1.29 is 9.21 Å². The smallest absolute Gasteiger partial charge is 0.316 e. The predicted molar refractivity (Wildman–Crippen MR) is 65.7 cm³/mol. The lowest BCUT2D eigenvalue weighted by Gasteiger charge is -2.06. The van der Waals surface area contributed by atoms with Crippen molar-refractivity contribution >= 4 is 17.4 Å². The van der Waals surface area contributed by atoms with Gasteiger partial charge in [-0.05, 0) is 36.4 Å². The summed E-state index contributed by atoms with van der Waals surface area (Å²) in [6, 6.07) is 10.4. The second kappa shape index (κ2) is 5.07. The summed E-state index contributed by atoms with van der Waals surface area (Å²) in [4.78, 5) is 10.6. The number of primary amides is 1. The maximum atomic E-state index is 10.6. The zero-order valence-electron chi connectivity index (χ0n) is 9.14. The normalized spacial score (nSPS) is 9.88. The molecule has 5 heteroatoms. The zero-order chi connectivity index (χ0) is 12.1. The van der Waals surface area contributed by atoms with Gasteiger partial charge in [0.25, 0.3) is 0 Å². The topological polar surface area (TPSA) is 80.3 Å². The molecule has 0 fully saturated rings. The molecule has 0 aliphatic rings. The van der Waals surface area contributed by atoms with Crippen LogP contribution in [0.1, 0.15) is 5.76 Å². The van der Waals surface area contributed by atoms with Gasteiger partial charge in [0.2, 0.25) is 0 Å². The highest BCUT2D eigenvalue weighted by Crippen LogP contribution is 2.14. The average molecular weight is 231 g/mol. The molecule has 1 aromatic heterocycles. The van der Waals surface area contributed by atoms with Gasteiger partial charge in [0, 0.05) is 11.4 Å². The molecule has 88 valence electrons. The van der Waals surface area contributed by atoms with Crippen LogP contribution in [0.15, 0.2) is 47.1 Å². The Bertz CT molecular complexity index is 477. The minimum absolute atomic E-state index is 0.568. The van der Waals surface area contributed by atoms with Gasteiger partial charge in [0.1, 0.15) is 5.76 Å². The molecule has 0 saturated heterocycles. The van der Waals surface area contributed by atoms with Crippen LogP contribution in [0.3, 0.4) is 0 Å². The van der Waals surface area contributed by atoms with Crippen molar-refractivity contribution in [3.05, 3.63) is 48.4 Å². The minimum Gasteiger partial charge on any atom is -0.467 e. The van der Waals surface area contributed by atoms with Crippen LogP contribution in [0.5, 0.6) is 0 Å². The lowest BCUT2D eigenvalue weighted by atomic mass is 10.2. The highest BCUT2D eigenvalue weighted by atomic mass is 16.3. The largest absolute Gasteiger partial charge is 0.467 e. The van der Waals surface area contributed by atoms with Crippen molar-refractivity contribution in [2.24, 2.45) is 5.73 Å². The van der Waals surface area contributed by atoms with Gasteiger partial charge < -0.3 is 20.8 Å². The molecule has 0 aliphatic carbocycles. The van der Waals surface area contributed by atoms with Gasteiger partial charge >= 0.3 is 6.03 Å². The maximum absolute atomic E-state index is 10.6. The number of benzene rings is 1. The molecular formula is C12H13N3O2. The molecule has 0 atom stereocenters. The molecule has 1 aromatic carbocycles. The molecule has 0 saturated carbocycles. The first-order chi connectivity index (χ1) is 8.24. The lowest BCUT2D eigenvalue weighted by Crippen LogP contribution is -2.19. The summed E-state index contributed by atoms with van der Waals surface area (Å²) in [5, 5.41) is 5.68. The van der Waals surface area contributed by atoms with Gasteiger partial charge in [0.15, 0.2) is 0 Å². The summed E-state index contributed by atoms with van der Waals surface area (Å²) < 4.78 is 5.20. The third-order valence-electron chi connectivity index (χ3n) is 2.20. The molecule has 2 aromatic rings. The van der Waals surface area contributed by atoms with E-state index < -0.39 is 6.03 Å². The van der Waals surface area contributed by atoms with Gasteiger partial charge in [-0.3, -0.25) is 0 Å². The predicted octanol–water partition coefficient (Wildman–Crippen LogP) is 2.38. The van der Waals surface area contributed by atoms with Crippen LogP contribution in [0.25, 0.3) is 0 Å². The monoisotopic (exact) mass is 231 g/mol. The standard InChI is InChI=1S/C12H13N3O2/c13-12(16)15-10-5-3-9(4-6-10)14-8-11-2-1-7-17-11/h1-7,14H,8H2,(H3,13,15,16). The third-order valence-corrected chi connectivity index (χ3v) is 2.20. The van der Waals surface area contributed by atoms with Crippen LogP contribution < -0.4 is 16.4 Å². The number of hydrogen-bond donors (Lipinski definition) is 3. The summed E-state index contributed by atoms with van der Waals surface area (Å²) in [6.07, 6.45) is 1.64. The molecule has 2 amide bonds. The Morgan fingerprint density at radius 2 is 1.88 bits per heavy atom. The fourth-order valence-corrected chi connectivity index (χ4v) is 1.42. The summed E-state index contributed by atoms with van der Waals surface area (Å²) in [5.41, 5.74) is 6.62. The van der Waals surface area contributed by atoms with E-state index in [9.17, 15) is 4.79 Å². The Morgan fingerprint density at radius 1 is 1.18 bits per heavy atom. The number of furan rings is 1. The molecule has 5 nitrogen and oxygen atoms in total. The number of urea groups is 1. The third kappa shape index (κ3) is 3.27. The lowest BCUT2D eigenvalue weighted by molar-refractivity contribution is 0.259. The summed E-state index contributed by atoms with van der Waals surface area (Å²) in [7, 11) is 0. The zero-order valence-corrected chi connectivity index (χ0v) is 9.14. The van der Waals surface area contributed by atoms with Crippen molar-refractivity contribution in [3.63, 3.8) is 0 Å². The van der Waals surface area contributed by atoms with Gasteiger partial charge in [0.05, 0.1) is 12.8 Å². The number of carbonyl (C=O) groups is 1. The molecule has 0 unspecified atom stereocenters. The summed E-state index contributed by atoms with van der Waals surface area (Å²) >= 11 is 0. The van der Waals surface area contributed by atoms with E-state index in [1.54, 1.807) is 18.4 Å². The summed E-state index contributed by atoms with van der Waals surface area (Å²) in [5.74, 6) is 0.865. The molecule has 0 spiro atoms. The van der Waals surface area contributed by atoms with Crippen LogP contribution in [0.2, 0.25) is 0 Å². The number of amides is 2. The number of hydrogen-bond acceptors (Lipinski definition) is 3. The van der Waals surface area contributed by atoms with Crippen LogP contribution >= 0.6 is 0 Å². The van der Waals surface area contributed by atoms with E-state index in [1.807, 2.05) is 24.3 Å². The second-order valence-electron chi connectivity index (χ2n) is 3.50. The van der Waals surface area contributed by atoms with Crippen LogP contribution in [0.4, 0.5) is 16.2 Å². The van der Waals surface area contributed by atoms with Crippen molar-refractivity contribution in [2.45, 2.75) is 6.54 Å². The van der Waals surface area contributed by atoms with Crippen molar-refractivity contribution in [1.82, 2.24) is 0 Å². The van der Waals surface area contributed by atoms with E-state index in [1.165, 1.54) is 0 Å². The molecule has 0 bridgehead atoms. The van der Waals surface area contributed by atoms with Crippen LogP contribution in [-0.2, 0) is 6.54 Å². The van der Waals surface area contributed by atoms with E-state index in [0.717, 1.165) is 11.4 Å². The number of anilines is 2. The first-order valence-electron chi connectivity index (χ1n) is 5.17. The van der Waals surface area contributed by atoms with E-state index >= 15 is 0 Å². The first kappa shape index (κ1) is 11.1. The Morgan fingerprint density at radius 3 is 2.47 bits per heavy atom. The van der Waals surface area contributed by atoms with E-state index in [0.29, 0.717) is 12.2 Å². The maximum Gasteiger partial charge on any atom is 0.316 e. The van der Waals surface area contributed by atoms with Crippen LogP contribution in [0, 0.1) is 0 Å². The second-order valence-corrected chi connectivity index (χ2v) is 3.50. The Labute approximate surface area is 98.6 Å². The minimum atomic E-state index is -0.568. The van der Waals surface area contributed by atoms with Crippen molar-refractivity contribution in [3.8, 4) is 0 Å². The van der Waals surface area contributed by atoms with Gasteiger partial charge in [-0.15, -0.1) is 0 Å². The highest BCUT2D eigenvalue weighted by Gasteiger charge is 1.98. The highest BCUT2D eigenvalue weighted by molar-refractivity contribution is 5.87. The molecule has 0 radical (unpaired) electrons. The number of carbonyl (C=O) groups excluding carboxylic acids is 1. The number of nitrogens with one attached hydrogen (secondary N) is 2. The molecular weight excluding hydrogens is 218 g/mol. The van der Waals surface area contributed by atoms with Crippen LogP contribution in [-0.4, -0.2) is 6.03 Å². The molecule has 1 heterocycles. The quantitative estimate of drug-likeness (QED) is 0.755. The van der Waals surface area contributed by atoms with Gasteiger partial charge in [-0.2, -0.15) is 0 Å². The first-order valence-corrected chi connectivity index (χ1v) is 5.17. The Hall–Kier alpha value is -2.43. The number of rotatable bonds is 4. The number of nitrogens with two attached hydrogens (primary N) is 1. The van der Waals surface area contributed by atoms with Gasteiger partial charge in [-0.1, -0.05) is 0 Å². The molecule has 17 heavy (non-hydrogen) atoms. The molecule has 0 aliphatic heterocycles. The summed E-state index contributed by atoms with van der Waals surface area (Å²) in [6.45, 7) is 0.621. The van der Waals surface area contributed by atoms with Gasteiger partial charge in [-0.25, -0.2) is 4.79 Å².